The minimum Gasteiger partial charge on any atom is -0.508 e. The SMILES string of the molecule is Oc1ccc(Oc2ccccc2)cc1CC(O)CCl. The van der Waals surface area contributed by atoms with Crippen molar-refractivity contribution in [2.75, 3.05) is 5.88 Å². The van der Waals surface area contributed by atoms with Crippen LogP contribution in [0, 0.1) is 0 Å². The van der Waals surface area contributed by atoms with Gasteiger partial charge in [-0.1, -0.05) is 18.2 Å². The van der Waals surface area contributed by atoms with Gasteiger partial charge in [0, 0.05) is 17.9 Å². The number of aliphatic hydroxyl groups excluding tert-OH is 1. The van der Waals surface area contributed by atoms with Crippen LogP contribution >= 0.6 is 11.6 Å². The van der Waals surface area contributed by atoms with Gasteiger partial charge in [0.05, 0.1) is 6.10 Å². The molecule has 1 atom stereocenters. The lowest BCUT2D eigenvalue weighted by molar-refractivity contribution is 0.197. The third kappa shape index (κ3) is 3.88. The summed E-state index contributed by atoms with van der Waals surface area (Å²) in [6, 6.07) is 14.3. The maximum atomic E-state index is 9.74. The van der Waals surface area contributed by atoms with Gasteiger partial charge in [0.1, 0.15) is 17.2 Å². The highest BCUT2D eigenvalue weighted by atomic mass is 35.5. The fourth-order valence-corrected chi connectivity index (χ4v) is 1.83. The smallest absolute Gasteiger partial charge is 0.127 e. The Morgan fingerprint density at radius 1 is 1.05 bits per heavy atom. The normalized spacial score (nSPS) is 12.1. The summed E-state index contributed by atoms with van der Waals surface area (Å²) in [5.41, 5.74) is 0.613. The standard InChI is InChI=1S/C15H15ClO3/c16-10-12(17)8-11-9-14(6-7-15(11)18)19-13-4-2-1-3-5-13/h1-7,9,12,17-18H,8,10H2. The Morgan fingerprint density at radius 3 is 2.47 bits per heavy atom. The predicted molar refractivity (Wildman–Crippen MR) is 75.1 cm³/mol. The summed E-state index contributed by atoms with van der Waals surface area (Å²) in [5, 5.41) is 19.3. The summed E-state index contributed by atoms with van der Waals surface area (Å²) in [7, 11) is 0. The van der Waals surface area contributed by atoms with Gasteiger partial charge in [-0.05, 0) is 30.3 Å². The number of alkyl halides is 1. The summed E-state index contributed by atoms with van der Waals surface area (Å²) in [6.45, 7) is 0. The number of halogens is 1. The van der Waals surface area contributed by atoms with Gasteiger partial charge in [0.25, 0.3) is 0 Å². The molecule has 2 aromatic rings. The molecule has 0 saturated carbocycles. The summed E-state index contributed by atoms with van der Waals surface area (Å²) in [4.78, 5) is 0. The molecule has 0 saturated heterocycles. The number of phenolic OH excluding ortho intramolecular Hbond substituents is 1. The molecule has 1 unspecified atom stereocenters. The molecule has 4 heteroatoms. The number of hydrogen-bond acceptors (Lipinski definition) is 3. The quantitative estimate of drug-likeness (QED) is 0.825. The average molecular weight is 279 g/mol. The molecule has 0 fully saturated rings. The molecule has 2 rings (SSSR count). The van der Waals surface area contributed by atoms with E-state index in [0.717, 1.165) is 5.75 Å². The van der Waals surface area contributed by atoms with Crippen LogP contribution in [0.4, 0.5) is 0 Å². The van der Waals surface area contributed by atoms with Gasteiger partial charge < -0.3 is 14.9 Å². The van der Waals surface area contributed by atoms with E-state index in [4.69, 9.17) is 16.3 Å². The van der Waals surface area contributed by atoms with Crippen molar-refractivity contribution in [2.45, 2.75) is 12.5 Å². The molecule has 0 aliphatic carbocycles. The molecule has 2 aromatic carbocycles. The van der Waals surface area contributed by atoms with Crippen LogP contribution in [0.25, 0.3) is 0 Å². The molecule has 0 amide bonds. The third-order valence-corrected chi connectivity index (χ3v) is 3.02. The first-order valence-corrected chi connectivity index (χ1v) is 6.51. The van der Waals surface area contributed by atoms with Gasteiger partial charge in [0.15, 0.2) is 0 Å². The van der Waals surface area contributed by atoms with E-state index in [9.17, 15) is 10.2 Å². The predicted octanol–water partition coefficient (Wildman–Crippen LogP) is 3.33. The third-order valence-electron chi connectivity index (χ3n) is 2.66. The largest absolute Gasteiger partial charge is 0.508 e. The number of benzene rings is 2. The van der Waals surface area contributed by atoms with Crippen LogP contribution in [-0.4, -0.2) is 22.2 Å². The molecule has 0 heterocycles. The molecule has 19 heavy (non-hydrogen) atoms. The van der Waals surface area contributed by atoms with Crippen molar-refractivity contribution in [3.8, 4) is 17.2 Å². The Morgan fingerprint density at radius 2 is 1.79 bits per heavy atom. The number of para-hydroxylation sites is 1. The molecule has 0 radical (unpaired) electrons. The Hall–Kier alpha value is -1.71. The fraction of sp³-hybridized carbons (Fsp3) is 0.200. The summed E-state index contributed by atoms with van der Waals surface area (Å²) < 4.78 is 5.66. The summed E-state index contributed by atoms with van der Waals surface area (Å²) >= 11 is 5.56. The average Bonchev–Trinajstić information content (AvgIpc) is 2.43. The number of hydrogen-bond donors (Lipinski definition) is 2. The molecule has 100 valence electrons. The zero-order valence-corrected chi connectivity index (χ0v) is 11.0. The zero-order valence-electron chi connectivity index (χ0n) is 10.3. The fourth-order valence-electron chi connectivity index (χ4n) is 1.72. The van der Waals surface area contributed by atoms with E-state index in [-0.39, 0.29) is 11.6 Å². The van der Waals surface area contributed by atoms with Gasteiger partial charge in [0.2, 0.25) is 0 Å². The van der Waals surface area contributed by atoms with Crippen molar-refractivity contribution in [2.24, 2.45) is 0 Å². The molecule has 3 nitrogen and oxygen atoms in total. The van der Waals surface area contributed by atoms with Crippen molar-refractivity contribution in [1.82, 2.24) is 0 Å². The van der Waals surface area contributed by atoms with E-state index >= 15 is 0 Å². The van der Waals surface area contributed by atoms with Crippen molar-refractivity contribution in [3.63, 3.8) is 0 Å². The monoisotopic (exact) mass is 278 g/mol. The highest BCUT2D eigenvalue weighted by molar-refractivity contribution is 6.18. The van der Waals surface area contributed by atoms with Crippen LogP contribution in [0.1, 0.15) is 5.56 Å². The number of rotatable bonds is 5. The second-order valence-electron chi connectivity index (χ2n) is 4.22. The molecule has 0 bridgehead atoms. The molecule has 2 N–H and O–H groups in total. The van der Waals surface area contributed by atoms with Crippen LogP contribution in [0.15, 0.2) is 48.5 Å². The van der Waals surface area contributed by atoms with E-state index in [1.807, 2.05) is 30.3 Å². The lowest BCUT2D eigenvalue weighted by Gasteiger charge is -2.11. The first-order valence-electron chi connectivity index (χ1n) is 5.98. The number of ether oxygens (including phenoxy) is 1. The van der Waals surface area contributed by atoms with Crippen LogP contribution in [0.3, 0.4) is 0 Å². The number of aliphatic hydroxyl groups is 1. The van der Waals surface area contributed by atoms with Crippen LogP contribution in [-0.2, 0) is 6.42 Å². The lowest BCUT2D eigenvalue weighted by Crippen LogP contribution is -2.11. The Labute approximate surface area is 117 Å². The number of phenols is 1. The van der Waals surface area contributed by atoms with E-state index < -0.39 is 6.10 Å². The topological polar surface area (TPSA) is 49.7 Å². The molecule has 0 aromatic heterocycles. The van der Waals surface area contributed by atoms with Crippen molar-refractivity contribution >= 4 is 11.6 Å². The van der Waals surface area contributed by atoms with Gasteiger partial charge >= 0.3 is 0 Å². The Balaban J connectivity index is 2.16. The molecule has 0 spiro atoms. The zero-order chi connectivity index (χ0) is 13.7. The maximum absolute atomic E-state index is 9.74. The van der Waals surface area contributed by atoms with Crippen molar-refractivity contribution < 1.29 is 14.9 Å². The second-order valence-corrected chi connectivity index (χ2v) is 4.53. The second kappa shape index (κ2) is 6.45. The Bertz CT molecular complexity index is 528. The van der Waals surface area contributed by atoms with Gasteiger partial charge in [-0.15, -0.1) is 11.6 Å². The van der Waals surface area contributed by atoms with E-state index in [2.05, 4.69) is 0 Å². The number of aromatic hydroxyl groups is 1. The van der Waals surface area contributed by atoms with E-state index in [1.165, 1.54) is 0 Å². The Kier molecular flexibility index (Phi) is 4.66. The maximum Gasteiger partial charge on any atom is 0.127 e. The van der Waals surface area contributed by atoms with E-state index in [0.29, 0.717) is 17.7 Å². The lowest BCUT2D eigenvalue weighted by atomic mass is 10.1. The van der Waals surface area contributed by atoms with Crippen molar-refractivity contribution in [1.29, 1.82) is 0 Å². The minimum atomic E-state index is -0.681. The molecule has 0 aliphatic heterocycles. The highest BCUT2D eigenvalue weighted by Gasteiger charge is 2.09. The minimum absolute atomic E-state index is 0.128. The van der Waals surface area contributed by atoms with Crippen LogP contribution in [0.2, 0.25) is 0 Å². The summed E-state index contributed by atoms with van der Waals surface area (Å²) in [5.74, 6) is 1.59. The molecule has 0 aliphatic rings. The van der Waals surface area contributed by atoms with E-state index in [1.54, 1.807) is 18.2 Å². The first kappa shape index (κ1) is 13.7. The molecular weight excluding hydrogens is 264 g/mol. The van der Waals surface area contributed by atoms with Gasteiger partial charge in [-0.25, -0.2) is 0 Å². The van der Waals surface area contributed by atoms with Gasteiger partial charge in [-0.2, -0.15) is 0 Å². The summed E-state index contributed by atoms with van der Waals surface area (Å²) in [6.07, 6.45) is -0.388. The first-order chi connectivity index (χ1) is 9.19. The molecular formula is C15H15ClO3. The highest BCUT2D eigenvalue weighted by Crippen LogP contribution is 2.27. The van der Waals surface area contributed by atoms with Crippen LogP contribution < -0.4 is 4.74 Å². The van der Waals surface area contributed by atoms with Gasteiger partial charge in [-0.3, -0.25) is 0 Å². The van der Waals surface area contributed by atoms with Crippen molar-refractivity contribution in [3.05, 3.63) is 54.1 Å². The van der Waals surface area contributed by atoms with Crippen LogP contribution in [0.5, 0.6) is 17.2 Å².